The molecule has 0 heterocycles. The van der Waals surface area contributed by atoms with Crippen molar-refractivity contribution in [3.05, 3.63) is 60.2 Å². The molecule has 0 saturated heterocycles. The summed E-state index contributed by atoms with van der Waals surface area (Å²) in [6, 6.07) is 18.5. The van der Waals surface area contributed by atoms with E-state index in [4.69, 9.17) is 9.47 Å². The Morgan fingerprint density at radius 1 is 0.967 bits per heavy atom. The lowest BCUT2D eigenvalue weighted by atomic mass is 9.75. The summed E-state index contributed by atoms with van der Waals surface area (Å²) in [7, 11) is 1.60. The summed E-state index contributed by atoms with van der Waals surface area (Å²) in [6.07, 6.45) is 2.47. The van der Waals surface area contributed by atoms with Gasteiger partial charge in [0.25, 0.3) is 0 Å². The summed E-state index contributed by atoms with van der Waals surface area (Å²) >= 11 is 0. The Bertz CT molecular complexity index is 985. The standard InChI is InChI=1S/C27H32O3/c1-17(2)21-14-13-18(3)15-24(21)30-27(28)26(29-4)25-22-11-7-5-9-19(22)16-20-10-6-8-12-23(20)25/h5-12,16-18,21,24,26H,13-15H2,1-4H3/t18-,21+,24-,26-/m1/s1. The second-order valence-corrected chi connectivity index (χ2v) is 9.15. The van der Waals surface area contributed by atoms with Crippen molar-refractivity contribution in [3.63, 3.8) is 0 Å². The van der Waals surface area contributed by atoms with E-state index in [1.54, 1.807) is 7.11 Å². The van der Waals surface area contributed by atoms with Gasteiger partial charge in [-0.3, -0.25) is 0 Å². The fraction of sp³-hybridized carbons (Fsp3) is 0.444. The van der Waals surface area contributed by atoms with Crippen LogP contribution in [-0.4, -0.2) is 19.2 Å². The molecular formula is C27H32O3. The molecule has 3 heteroatoms. The third-order valence-corrected chi connectivity index (χ3v) is 6.75. The molecule has 4 rings (SSSR count). The maximum Gasteiger partial charge on any atom is 0.340 e. The van der Waals surface area contributed by atoms with Gasteiger partial charge in [0.2, 0.25) is 0 Å². The lowest BCUT2D eigenvalue weighted by molar-refractivity contribution is -0.168. The molecule has 0 spiro atoms. The van der Waals surface area contributed by atoms with Crippen LogP contribution in [0.25, 0.3) is 21.5 Å². The number of carbonyl (C=O) groups excluding carboxylic acids is 1. The minimum Gasteiger partial charge on any atom is -0.460 e. The first-order valence-electron chi connectivity index (χ1n) is 11.1. The van der Waals surface area contributed by atoms with Crippen molar-refractivity contribution < 1.29 is 14.3 Å². The van der Waals surface area contributed by atoms with E-state index < -0.39 is 6.10 Å². The molecule has 3 nitrogen and oxygen atoms in total. The average Bonchev–Trinajstić information content (AvgIpc) is 2.73. The first kappa shape index (κ1) is 20.9. The van der Waals surface area contributed by atoms with E-state index >= 15 is 0 Å². The SMILES string of the molecule is CO[C@@H](C(=O)O[C@@H]1C[C@H](C)CC[C@H]1C(C)C)c1c2ccccc2cc2ccccc12. The van der Waals surface area contributed by atoms with Crippen molar-refractivity contribution in [1.29, 1.82) is 0 Å². The minimum absolute atomic E-state index is 0.0415. The van der Waals surface area contributed by atoms with Gasteiger partial charge in [0.15, 0.2) is 6.10 Å². The molecule has 0 bridgehead atoms. The average molecular weight is 405 g/mol. The van der Waals surface area contributed by atoms with E-state index in [2.05, 4.69) is 51.1 Å². The maximum atomic E-state index is 13.5. The lowest BCUT2D eigenvalue weighted by Gasteiger charge is -2.37. The number of rotatable bonds is 5. The summed E-state index contributed by atoms with van der Waals surface area (Å²) in [4.78, 5) is 13.5. The van der Waals surface area contributed by atoms with Crippen LogP contribution in [0.3, 0.4) is 0 Å². The second kappa shape index (κ2) is 8.77. The summed E-state index contributed by atoms with van der Waals surface area (Å²) in [5, 5.41) is 4.29. The number of esters is 1. The molecule has 3 aromatic rings. The van der Waals surface area contributed by atoms with Gasteiger partial charge in [-0.15, -0.1) is 0 Å². The highest BCUT2D eigenvalue weighted by Gasteiger charge is 2.36. The molecule has 1 aliphatic carbocycles. The predicted octanol–water partition coefficient (Wildman–Crippen LogP) is 6.68. The highest BCUT2D eigenvalue weighted by molar-refractivity contribution is 6.05. The topological polar surface area (TPSA) is 35.5 Å². The van der Waals surface area contributed by atoms with Crippen molar-refractivity contribution in [3.8, 4) is 0 Å². The number of benzene rings is 3. The third kappa shape index (κ3) is 3.96. The lowest BCUT2D eigenvalue weighted by Crippen LogP contribution is -2.37. The van der Waals surface area contributed by atoms with Crippen LogP contribution in [0.5, 0.6) is 0 Å². The largest absolute Gasteiger partial charge is 0.460 e. The molecule has 0 radical (unpaired) electrons. The van der Waals surface area contributed by atoms with Gasteiger partial charge >= 0.3 is 5.97 Å². The van der Waals surface area contributed by atoms with Gasteiger partial charge in [0.05, 0.1) is 0 Å². The number of ether oxygens (including phenoxy) is 2. The molecule has 158 valence electrons. The molecule has 4 atom stereocenters. The van der Waals surface area contributed by atoms with Crippen LogP contribution in [0.2, 0.25) is 0 Å². The van der Waals surface area contributed by atoms with Gasteiger partial charge in [-0.1, -0.05) is 75.7 Å². The number of fused-ring (bicyclic) bond motifs is 2. The van der Waals surface area contributed by atoms with Gasteiger partial charge in [-0.25, -0.2) is 4.79 Å². The molecule has 0 amide bonds. The van der Waals surface area contributed by atoms with Gasteiger partial charge in [0.1, 0.15) is 6.10 Å². The van der Waals surface area contributed by atoms with E-state index in [0.29, 0.717) is 17.8 Å². The number of methoxy groups -OCH3 is 1. The van der Waals surface area contributed by atoms with E-state index in [0.717, 1.165) is 39.9 Å². The van der Waals surface area contributed by atoms with Crippen molar-refractivity contribution in [2.75, 3.05) is 7.11 Å². The van der Waals surface area contributed by atoms with Gasteiger partial charge in [-0.05, 0) is 58.2 Å². The molecule has 0 aliphatic heterocycles. The maximum absolute atomic E-state index is 13.5. The van der Waals surface area contributed by atoms with E-state index in [-0.39, 0.29) is 12.1 Å². The van der Waals surface area contributed by atoms with Crippen LogP contribution in [-0.2, 0) is 14.3 Å². The molecule has 3 aromatic carbocycles. The van der Waals surface area contributed by atoms with E-state index in [1.807, 2.05) is 24.3 Å². The minimum atomic E-state index is -0.744. The first-order chi connectivity index (χ1) is 14.5. The monoisotopic (exact) mass is 404 g/mol. The Balaban J connectivity index is 1.74. The van der Waals surface area contributed by atoms with Crippen LogP contribution in [0.4, 0.5) is 0 Å². The highest BCUT2D eigenvalue weighted by Crippen LogP contribution is 2.38. The first-order valence-corrected chi connectivity index (χ1v) is 11.1. The fourth-order valence-corrected chi connectivity index (χ4v) is 5.12. The van der Waals surface area contributed by atoms with Crippen LogP contribution in [0.15, 0.2) is 54.6 Å². The number of carbonyl (C=O) groups is 1. The highest BCUT2D eigenvalue weighted by atomic mass is 16.6. The van der Waals surface area contributed by atoms with Gasteiger partial charge < -0.3 is 9.47 Å². The molecule has 0 aromatic heterocycles. The third-order valence-electron chi connectivity index (χ3n) is 6.75. The Kier molecular flexibility index (Phi) is 6.10. The Hall–Kier alpha value is -2.39. The van der Waals surface area contributed by atoms with Crippen LogP contribution < -0.4 is 0 Å². The molecule has 1 saturated carbocycles. The van der Waals surface area contributed by atoms with Gasteiger partial charge in [0, 0.05) is 12.7 Å². The Morgan fingerprint density at radius 3 is 2.13 bits per heavy atom. The van der Waals surface area contributed by atoms with Crippen LogP contribution in [0.1, 0.15) is 51.7 Å². The van der Waals surface area contributed by atoms with Crippen LogP contribution in [0, 0.1) is 17.8 Å². The van der Waals surface area contributed by atoms with Crippen molar-refractivity contribution in [2.24, 2.45) is 17.8 Å². The molecule has 1 fully saturated rings. The zero-order valence-electron chi connectivity index (χ0n) is 18.4. The Morgan fingerprint density at radius 2 is 1.57 bits per heavy atom. The molecular weight excluding hydrogens is 372 g/mol. The molecule has 0 unspecified atom stereocenters. The zero-order valence-corrected chi connectivity index (χ0v) is 18.4. The molecule has 0 N–H and O–H groups in total. The number of hydrogen-bond donors (Lipinski definition) is 0. The summed E-state index contributed by atoms with van der Waals surface area (Å²) in [5.74, 6) is 1.21. The quantitative estimate of drug-likeness (QED) is 0.351. The summed E-state index contributed by atoms with van der Waals surface area (Å²) < 4.78 is 12.0. The molecule has 30 heavy (non-hydrogen) atoms. The summed E-state index contributed by atoms with van der Waals surface area (Å²) in [6.45, 7) is 6.71. The van der Waals surface area contributed by atoms with Crippen molar-refractivity contribution >= 4 is 27.5 Å². The van der Waals surface area contributed by atoms with Crippen molar-refractivity contribution in [2.45, 2.75) is 52.2 Å². The molecule has 1 aliphatic rings. The normalized spacial score (nSPS) is 23.0. The Labute approximate surface area is 179 Å². The van der Waals surface area contributed by atoms with Gasteiger partial charge in [-0.2, -0.15) is 0 Å². The smallest absolute Gasteiger partial charge is 0.340 e. The predicted molar refractivity (Wildman–Crippen MR) is 122 cm³/mol. The van der Waals surface area contributed by atoms with E-state index in [9.17, 15) is 4.79 Å². The summed E-state index contributed by atoms with van der Waals surface area (Å²) in [5.41, 5.74) is 0.904. The van der Waals surface area contributed by atoms with E-state index in [1.165, 1.54) is 6.42 Å². The number of hydrogen-bond acceptors (Lipinski definition) is 3. The second-order valence-electron chi connectivity index (χ2n) is 9.15. The van der Waals surface area contributed by atoms with Crippen LogP contribution >= 0.6 is 0 Å². The zero-order chi connectivity index (χ0) is 21.3. The van der Waals surface area contributed by atoms with Crippen molar-refractivity contribution in [1.82, 2.24) is 0 Å². The fourth-order valence-electron chi connectivity index (χ4n) is 5.12.